The summed E-state index contributed by atoms with van der Waals surface area (Å²) in [5, 5.41) is 4.49. The van der Waals surface area contributed by atoms with Crippen molar-refractivity contribution >= 4 is 32.7 Å². The highest BCUT2D eigenvalue weighted by molar-refractivity contribution is 6.18. The summed E-state index contributed by atoms with van der Waals surface area (Å²) in [7, 11) is 0. The van der Waals surface area contributed by atoms with Gasteiger partial charge in [0.2, 0.25) is 0 Å². The molecule has 2 aromatic heterocycles. The molecule has 0 saturated heterocycles. The van der Waals surface area contributed by atoms with E-state index in [2.05, 4.69) is 115 Å². The van der Waals surface area contributed by atoms with Crippen molar-refractivity contribution in [1.82, 2.24) is 15.0 Å². The Labute approximate surface area is 270 Å². The van der Waals surface area contributed by atoms with Crippen molar-refractivity contribution in [3.8, 4) is 67.5 Å². The molecule has 0 aliphatic heterocycles. The molecule has 4 heteroatoms. The van der Waals surface area contributed by atoms with E-state index in [1.165, 1.54) is 33.2 Å². The van der Waals surface area contributed by atoms with Gasteiger partial charge in [-0.15, -0.1) is 0 Å². The van der Waals surface area contributed by atoms with Crippen LogP contribution in [-0.4, -0.2) is 15.0 Å². The maximum absolute atomic E-state index is 6.13. The van der Waals surface area contributed by atoms with Crippen LogP contribution in [0.1, 0.15) is 0 Å². The van der Waals surface area contributed by atoms with Gasteiger partial charge in [-0.1, -0.05) is 121 Å². The van der Waals surface area contributed by atoms with Gasteiger partial charge in [0.05, 0.1) is 0 Å². The molecule has 2 heterocycles. The number of aromatic nitrogens is 3. The molecular weight excluding hydrogens is 574 g/mol. The van der Waals surface area contributed by atoms with Gasteiger partial charge >= 0.3 is 0 Å². The van der Waals surface area contributed by atoms with Crippen LogP contribution >= 0.6 is 0 Å². The Morgan fingerprint density at radius 2 is 0.872 bits per heavy atom. The van der Waals surface area contributed by atoms with Crippen LogP contribution < -0.4 is 0 Å². The Balaban J connectivity index is 1.18. The quantitative estimate of drug-likeness (QED) is 0.202. The molecule has 0 N–H and O–H groups in total. The van der Waals surface area contributed by atoms with Crippen molar-refractivity contribution in [2.45, 2.75) is 0 Å². The highest BCUT2D eigenvalue weighted by atomic mass is 16.3. The Hall–Kier alpha value is -6.39. The highest BCUT2D eigenvalue weighted by Gasteiger charge is 2.23. The van der Waals surface area contributed by atoms with E-state index in [1.54, 1.807) is 0 Å². The van der Waals surface area contributed by atoms with Crippen molar-refractivity contribution in [2.75, 3.05) is 0 Å². The molecule has 1 aliphatic rings. The van der Waals surface area contributed by atoms with Gasteiger partial charge in [-0.3, -0.25) is 0 Å². The zero-order valence-electron chi connectivity index (χ0n) is 25.2. The summed E-state index contributed by atoms with van der Waals surface area (Å²) in [4.78, 5) is 15.4. The number of fused-ring (bicyclic) bond motifs is 6. The fourth-order valence-electron chi connectivity index (χ4n) is 7.07. The summed E-state index contributed by atoms with van der Waals surface area (Å²) in [6.07, 6.45) is 0. The van der Waals surface area contributed by atoms with Crippen LogP contribution in [0.2, 0.25) is 0 Å². The first-order valence-electron chi connectivity index (χ1n) is 15.8. The number of furan rings is 1. The van der Waals surface area contributed by atoms with E-state index in [0.717, 1.165) is 49.6 Å². The molecule has 0 saturated carbocycles. The zero-order chi connectivity index (χ0) is 30.9. The second kappa shape index (κ2) is 10.1. The van der Waals surface area contributed by atoms with Crippen LogP contribution in [-0.2, 0) is 0 Å². The normalized spacial score (nSPS) is 11.8. The molecule has 0 radical (unpaired) electrons. The van der Waals surface area contributed by atoms with E-state index in [-0.39, 0.29) is 0 Å². The molecule has 9 aromatic rings. The molecule has 0 fully saturated rings. The fourth-order valence-corrected chi connectivity index (χ4v) is 7.07. The van der Waals surface area contributed by atoms with E-state index >= 15 is 0 Å². The summed E-state index contributed by atoms with van der Waals surface area (Å²) >= 11 is 0. The third-order valence-electron chi connectivity index (χ3n) is 9.31. The lowest BCUT2D eigenvalue weighted by Crippen LogP contribution is -2.00. The van der Waals surface area contributed by atoms with Crippen LogP contribution in [0.25, 0.3) is 100 Å². The molecule has 1 aliphatic carbocycles. The second-order valence-electron chi connectivity index (χ2n) is 12.0. The molecule has 7 aromatic carbocycles. The number of rotatable bonds is 4. The van der Waals surface area contributed by atoms with Crippen LogP contribution in [0.15, 0.2) is 156 Å². The molecular formula is C43H25N3O. The molecule has 0 bridgehead atoms. The monoisotopic (exact) mass is 599 g/mol. The van der Waals surface area contributed by atoms with Crippen LogP contribution in [0.4, 0.5) is 0 Å². The zero-order valence-corrected chi connectivity index (χ0v) is 25.2. The SMILES string of the molecule is c1ccc(-c2ccc(-c3nc(-c4ccc5oc6ccccc6c5c4)nc(-c4ccc5c6c(cccc46)-c4ccccc4-5)n3)cc2)cc1. The average Bonchev–Trinajstić information content (AvgIpc) is 3.68. The van der Waals surface area contributed by atoms with E-state index in [9.17, 15) is 0 Å². The lowest BCUT2D eigenvalue weighted by Gasteiger charge is -2.12. The smallest absolute Gasteiger partial charge is 0.164 e. The van der Waals surface area contributed by atoms with E-state index in [1.807, 2.05) is 36.4 Å². The molecule has 0 atom stereocenters. The van der Waals surface area contributed by atoms with Crippen LogP contribution in [0.3, 0.4) is 0 Å². The standard InChI is InChI=1S/C43H25N3O/c1-2-9-26(10-3-1)27-17-19-28(20-18-27)41-44-42(29-21-24-39-37(25-29)32-13-6-7-16-38(32)47-39)46-43(45-41)36-23-22-35-31-12-5-4-11-30(31)33-14-8-15-34(36)40(33)35/h1-25H. The van der Waals surface area contributed by atoms with Crippen LogP contribution in [0, 0.1) is 0 Å². The predicted octanol–water partition coefficient (Wildman–Crippen LogP) is 11.2. The lowest BCUT2D eigenvalue weighted by atomic mass is 9.98. The third-order valence-corrected chi connectivity index (χ3v) is 9.31. The van der Waals surface area contributed by atoms with Crippen molar-refractivity contribution in [1.29, 1.82) is 0 Å². The van der Waals surface area contributed by atoms with Gasteiger partial charge in [-0.05, 0) is 74.5 Å². The summed E-state index contributed by atoms with van der Waals surface area (Å²) in [5.74, 6) is 1.90. The molecule has 0 spiro atoms. The van der Waals surface area contributed by atoms with E-state index < -0.39 is 0 Å². The summed E-state index contributed by atoms with van der Waals surface area (Å²) < 4.78 is 6.13. The molecule has 47 heavy (non-hydrogen) atoms. The van der Waals surface area contributed by atoms with Crippen LogP contribution in [0.5, 0.6) is 0 Å². The van der Waals surface area contributed by atoms with Gasteiger partial charge < -0.3 is 4.42 Å². The van der Waals surface area contributed by atoms with Crippen molar-refractivity contribution in [3.63, 3.8) is 0 Å². The first-order valence-corrected chi connectivity index (χ1v) is 15.8. The maximum atomic E-state index is 6.13. The first-order chi connectivity index (χ1) is 23.3. The molecule has 218 valence electrons. The molecule has 4 nitrogen and oxygen atoms in total. The van der Waals surface area contributed by atoms with Gasteiger partial charge in [-0.2, -0.15) is 0 Å². The number of nitrogens with zero attached hydrogens (tertiary/aromatic N) is 3. The number of hydrogen-bond acceptors (Lipinski definition) is 4. The third kappa shape index (κ3) is 4.05. The topological polar surface area (TPSA) is 51.8 Å². The van der Waals surface area contributed by atoms with Crippen molar-refractivity contribution in [3.05, 3.63) is 152 Å². The summed E-state index contributed by atoms with van der Waals surface area (Å²) in [5.41, 5.74) is 11.9. The minimum absolute atomic E-state index is 0.621. The Kier molecular flexibility index (Phi) is 5.54. The van der Waals surface area contributed by atoms with Gasteiger partial charge in [0.1, 0.15) is 11.2 Å². The minimum atomic E-state index is 0.621. The number of benzene rings is 7. The number of para-hydroxylation sites is 1. The highest BCUT2D eigenvalue weighted by Crippen LogP contribution is 2.49. The Bertz CT molecular complexity index is 2640. The Morgan fingerprint density at radius 3 is 1.70 bits per heavy atom. The predicted molar refractivity (Wildman–Crippen MR) is 191 cm³/mol. The molecule has 0 amide bonds. The maximum Gasteiger partial charge on any atom is 0.164 e. The summed E-state index contributed by atoms with van der Waals surface area (Å²) in [6.45, 7) is 0. The first kappa shape index (κ1) is 25.9. The average molecular weight is 600 g/mol. The second-order valence-corrected chi connectivity index (χ2v) is 12.0. The molecule has 0 unspecified atom stereocenters. The lowest BCUT2D eigenvalue weighted by molar-refractivity contribution is 0.669. The van der Waals surface area contributed by atoms with Gasteiger partial charge in [-0.25, -0.2) is 15.0 Å². The van der Waals surface area contributed by atoms with E-state index in [0.29, 0.717) is 17.5 Å². The van der Waals surface area contributed by atoms with Gasteiger partial charge in [0, 0.05) is 27.5 Å². The molecule has 10 rings (SSSR count). The largest absolute Gasteiger partial charge is 0.456 e. The van der Waals surface area contributed by atoms with Crippen molar-refractivity contribution in [2.24, 2.45) is 0 Å². The van der Waals surface area contributed by atoms with Gasteiger partial charge in [0.25, 0.3) is 0 Å². The minimum Gasteiger partial charge on any atom is -0.456 e. The summed E-state index contributed by atoms with van der Waals surface area (Å²) in [6, 6.07) is 52.7. The number of hydrogen-bond donors (Lipinski definition) is 0. The van der Waals surface area contributed by atoms with Crippen molar-refractivity contribution < 1.29 is 4.42 Å². The van der Waals surface area contributed by atoms with Gasteiger partial charge in [0.15, 0.2) is 17.5 Å². The Morgan fingerprint density at radius 1 is 0.319 bits per heavy atom. The van der Waals surface area contributed by atoms with E-state index in [4.69, 9.17) is 19.4 Å². The fraction of sp³-hybridized carbons (Fsp3) is 0.